The summed E-state index contributed by atoms with van der Waals surface area (Å²) < 4.78 is 0. The largest absolute Gasteiger partial charge is 0.350 e. The maximum Gasteiger partial charge on any atom is 0.227 e. The molecular formula is C23H27N3O3. The SMILES string of the molecule is CC(=O)NC(CC(=O)NC(C)c1ccc(NC(=O)C2CC2)cc1)c1ccccc1. The molecule has 1 fully saturated rings. The molecule has 2 unspecified atom stereocenters. The summed E-state index contributed by atoms with van der Waals surface area (Å²) in [5, 5.41) is 8.73. The Kier molecular flexibility index (Phi) is 6.65. The average Bonchev–Trinajstić information content (AvgIpc) is 3.53. The third-order valence-electron chi connectivity index (χ3n) is 4.97. The fraction of sp³-hybridized carbons (Fsp3) is 0.348. The lowest BCUT2D eigenvalue weighted by Crippen LogP contribution is -2.33. The van der Waals surface area contributed by atoms with Crippen molar-refractivity contribution in [2.24, 2.45) is 5.92 Å². The van der Waals surface area contributed by atoms with Crippen molar-refractivity contribution in [1.82, 2.24) is 10.6 Å². The Labute approximate surface area is 171 Å². The standard InChI is InChI=1S/C23H27N3O3/c1-15(17-10-12-20(13-11-17)26-23(29)19-8-9-19)24-22(28)14-21(25-16(2)27)18-6-4-3-5-7-18/h3-7,10-13,15,19,21H,8-9,14H2,1-2H3,(H,24,28)(H,25,27)(H,26,29). The molecule has 3 rings (SSSR count). The third-order valence-corrected chi connectivity index (χ3v) is 4.97. The summed E-state index contributed by atoms with van der Waals surface area (Å²) in [7, 11) is 0. The lowest BCUT2D eigenvalue weighted by atomic mass is 10.0. The first kappa shape index (κ1) is 20.6. The van der Waals surface area contributed by atoms with Gasteiger partial charge in [0.05, 0.1) is 18.5 Å². The van der Waals surface area contributed by atoms with Crippen LogP contribution in [0.2, 0.25) is 0 Å². The van der Waals surface area contributed by atoms with Crippen molar-refractivity contribution in [2.75, 3.05) is 5.32 Å². The molecule has 6 heteroatoms. The van der Waals surface area contributed by atoms with Crippen molar-refractivity contribution in [2.45, 2.75) is 45.2 Å². The van der Waals surface area contributed by atoms with E-state index in [9.17, 15) is 14.4 Å². The number of carbonyl (C=O) groups excluding carboxylic acids is 3. The Hall–Kier alpha value is -3.15. The van der Waals surface area contributed by atoms with Gasteiger partial charge in [-0.1, -0.05) is 42.5 Å². The molecule has 29 heavy (non-hydrogen) atoms. The summed E-state index contributed by atoms with van der Waals surface area (Å²) >= 11 is 0. The molecule has 2 aromatic carbocycles. The number of hydrogen-bond acceptors (Lipinski definition) is 3. The van der Waals surface area contributed by atoms with Crippen LogP contribution in [0.15, 0.2) is 54.6 Å². The van der Waals surface area contributed by atoms with E-state index in [1.807, 2.05) is 61.5 Å². The van der Waals surface area contributed by atoms with E-state index in [1.54, 1.807) is 0 Å². The van der Waals surface area contributed by atoms with Crippen LogP contribution in [0.4, 0.5) is 5.69 Å². The zero-order chi connectivity index (χ0) is 20.8. The molecule has 0 saturated heterocycles. The Bertz CT molecular complexity index is 861. The molecular weight excluding hydrogens is 366 g/mol. The van der Waals surface area contributed by atoms with Gasteiger partial charge < -0.3 is 16.0 Å². The first-order chi connectivity index (χ1) is 13.9. The Morgan fingerprint density at radius 3 is 2.17 bits per heavy atom. The van der Waals surface area contributed by atoms with Crippen LogP contribution in [-0.4, -0.2) is 17.7 Å². The van der Waals surface area contributed by atoms with E-state index in [4.69, 9.17) is 0 Å². The lowest BCUT2D eigenvalue weighted by molar-refractivity contribution is -0.123. The minimum atomic E-state index is -0.374. The molecule has 3 amide bonds. The molecule has 2 atom stereocenters. The Balaban J connectivity index is 1.57. The topological polar surface area (TPSA) is 87.3 Å². The fourth-order valence-electron chi connectivity index (χ4n) is 3.20. The predicted molar refractivity (Wildman–Crippen MR) is 112 cm³/mol. The molecule has 0 heterocycles. The quantitative estimate of drug-likeness (QED) is 0.642. The highest BCUT2D eigenvalue weighted by Gasteiger charge is 2.29. The van der Waals surface area contributed by atoms with Crippen molar-refractivity contribution in [3.05, 3.63) is 65.7 Å². The Morgan fingerprint density at radius 1 is 0.931 bits per heavy atom. The van der Waals surface area contributed by atoms with E-state index < -0.39 is 0 Å². The van der Waals surface area contributed by atoms with Crippen LogP contribution in [0.3, 0.4) is 0 Å². The van der Waals surface area contributed by atoms with Crippen molar-refractivity contribution in [1.29, 1.82) is 0 Å². The molecule has 0 aromatic heterocycles. The zero-order valence-corrected chi connectivity index (χ0v) is 16.8. The van der Waals surface area contributed by atoms with Crippen molar-refractivity contribution < 1.29 is 14.4 Å². The molecule has 0 aliphatic heterocycles. The molecule has 1 aliphatic rings. The Morgan fingerprint density at radius 2 is 1.59 bits per heavy atom. The van der Waals surface area contributed by atoms with Gasteiger partial charge in [-0.15, -0.1) is 0 Å². The molecule has 6 nitrogen and oxygen atoms in total. The fourth-order valence-corrected chi connectivity index (χ4v) is 3.20. The van der Waals surface area contributed by atoms with Gasteiger partial charge >= 0.3 is 0 Å². The first-order valence-electron chi connectivity index (χ1n) is 9.94. The summed E-state index contributed by atoms with van der Waals surface area (Å²) in [6.45, 7) is 3.35. The van der Waals surface area contributed by atoms with Gasteiger partial charge in [0.15, 0.2) is 0 Å². The molecule has 0 radical (unpaired) electrons. The van der Waals surface area contributed by atoms with Crippen molar-refractivity contribution >= 4 is 23.4 Å². The van der Waals surface area contributed by atoms with E-state index in [-0.39, 0.29) is 42.1 Å². The maximum atomic E-state index is 12.6. The van der Waals surface area contributed by atoms with E-state index >= 15 is 0 Å². The van der Waals surface area contributed by atoms with Crippen LogP contribution >= 0.6 is 0 Å². The molecule has 0 spiro atoms. The van der Waals surface area contributed by atoms with E-state index in [1.165, 1.54) is 6.92 Å². The summed E-state index contributed by atoms with van der Waals surface area (Å²) in [4.78, 5) is 35.9. The highest BCUT2D eigenvalue weighted by atomic mass is 16.2. The van der Waals surface area contributed by atoms with Gasteiger partial charge in [-0.25, -0.2) is 0 Å². The summed E-state index contributed by atoms with van der Waals surface area (Å²) in [5.41, 5.74) is 2.60. The van der Waals surface area contributed by atoms with Crippen LogP contribution in [-0.2, 0) is 14.4 Å². The number of rotatable bonds is 8. The molecule has 3 N–H and O–H groups in total. The van der Waals surface area contributed by atoms with Gasteiger partial charge in [0.25, 0.3) is 0 Å². The smallest absolute Gasteiger partial charge is 0.227 e. The van der Waals surface area contributed by atoms with Crippen LogP contribution < -0.4 is 16.0 Å². The molecule has 152 valence electrons. The van der Waals surface area contributed by atoms with Crippen LogP contribution in [0.5, 0.6) is 0 Å². The van der Waals surface area contributed by atoms with Gasteiger partial charge in [0.2, 0.25) is 17.7 Å². The maximum absolute atomic E-state index is 12.6. The second kappa shape index (κ2) is 9.37. The van der Waals surface area contributed by atoms with E-state index in [0.717, 1.165) is 29.7 Å². The molecule has 1 saturated carbocycles. The monoisotopic (exact) mass is 393 g/mol. The molecule has 2 aromatic rings. The number of amides is 3. The summed E-state index contributed by atoms with van der Waals surface area (Å²) in [6.07, 6.45) is 2.09. The molecule has 1 aliphatic carbocycles. The highest BCUT2D eigenvalue weighted by Crippen LogP contribution is 2.30. The minimum Gasteiger partial charge on any atom is -0.350 e. The number of anilines is 1. The second-order valence-electron chi connectivity index (χ2n) is 7.54. The summed E-state index contributed by atoms with van der Waals surface area (Å²) in [6, 6.07) is 16.4. The second-order valence-corrected chi connectivity index (χ2v) is 7.54. The van der Waals surface area contributed by atoms with Gasteiger partial charge in [0.1, 0.15) is 0 Å². The van der Waals surface area contributed by atoms with Crippen LogP contribution in [0, 0.1) is 5.92 Å². The number of nitrogens with one attached hydrogen (secondary N) is 3. The predicted octanol–water partition coefficient (Wildman–Crippen LogP) is 3.48. The highest BCUT2D eigenvalue weighted by molar-refractivity contribution is 5.94. The number of benzene rings is 2. The number of hydrogen-bond donors (Lipinski definition) is 3. The van der Waals surface area contributed by atoms with Crippen molar-refractivity contribution in [3.8, 4) is 0 Å². The van der Waals surface area contributed by atoms with Gasteiger partial charge in [0, 0.05) is 18.5 Å². The molecule has 0 bridgehead atoms. The van der Waals surface area contributed by atoms with Crippen LogP contribution in [0.25, 0.3) is 0 Å². The van der Waals surface area contributed by atoms with Gasteiger partial charge in [-0.05, 0) is 43.0 Å². The van der Waals surface area contributed by atoms with E-state index in [2.05, 4.69) is 16.0 Å². The number of carbonyl (C=O) groups is 3. The van der Waals surface area contributed by atoms with E-state index in [0.29, 0.717) is 0 Å². The zero-order valence-electron chi connectivity index (χ0n) is 16.8. The summed E-state index contributed by atoms with van der Waals surface area (Å²) in [5.74, 6) is -0.0900. The minimum absolute atomic E-state index is 0.0732. The first-order valence-corrected chi connectivity index (χ1v) is 9.94. The lowest BCUT2D eigenvalue weighted by Gasteiger charge is -2.20. The van der Waals surface area contributed by atoms with Crippen LogP contribution in [0.1, 0.15) is 56.3 Å². The average molecular weight is 393 g/mol. The third kappa shape index (κ3) is 6.17. The normalized spacial score (nSPS) is 15.1. The van der Waals surface area contributed by atoms with Gasteiger partial charge in [-0.3, -0.25) is 14.4 Å². The van der Waals surface area contributed by atoms with Gasteiger partial charge in [-0.2, -0.15) is 0 Å². The van der Waals surface area contributed by atoms with Crippen molar-refractivity contribution in [3.63, 3.8) is 0 Å².